The zero-order valence-electron chi connectivity index (χ0n) is 9.52. The number of aromatic amines is 1. The van der Waals surface area contributed by atoms with Gasteiger partial charge in [0.15, 0.2) is 0 Å². The highest BCUT2D eigenvalue weighted by Crippen LogP contribution is 2.15. The van der Waals surface area contributed by atoms with Crippen molar-refractivity contribution in [2.75, 3.05) is 6.54 Å². The van der Waals surface area contributed by atoms with Gasteiger partial charge in [-0.3, -0.25) is 4.79 Å². The third kappa shape index (κ3) is 2.79. The lowest BCUT2D eigenvalue weighted by Gasteiger charge is -2.03. The molecular formula is C13H15N3O. The molecule has 4 nitrogen and oxygen atoms in total. The molecule has 17 heavy (non-hydrogen) atoms. The van der Waals surface area contributed by atoms with Crippen LogP contribution in [0, 0.1) is 0 Å². The highest BCUT2D eigenvalue weighted by molar-refractivity contribution is 5.61. The predicted octanol–water partition coefficient (Wildman–Crippen LogP) is 1.33. The molecule has 0 aliphatic heterocycles. The minimum atomic E-state index is -0.165. The van der Waals surface area contributed by atoms with Crippen LogP contribution in [-0.4, -0.2) is 16.7 Å². The van der Waals surface area contributed by atoms with E-state index in [0.717, 1.165) is 18.4 Å². The maximum Gasteiger partial charge on any atom is 0.272 e. The third-order valence-corrected chi connectivity index (χ3v) is 2.66. The Hall–Kier alpha value is -1.94. The van der Waals surface area contributed by atoms with Gasteiger partial charge in [-0.2, -0.15) is 5.10 Å². The van der Waals surface area contributed by atoms with E-state index in [1.807, 2.05) is 24.3 Å². The number of hydrogen-bond acceptors (Lipinski definition) is 3. The van der Waals surface area contributed by atoms with Gasteiger partial charge in [0.25, 0.3) is 5.56 Å². The summed E-state index contributed by atoms with van der Waals surface area (Å²) >= 11 is 0. The fourth-order valence-corrected chi connectivity index (χ4v) is 1.73. The van der Waals surface area contributed by atoms with E-state index >= 15 is 0 Å². The summed E-state index contributed by atoms with van der Waals surface area (Å²) in [6.07, 6.45) is 3.54. The summed E-state index contributed by atoms with van der Waals surface area (Å²) in [4.78, 5) is 11.5. The van der Waals surface area contributed by atoms with E-state index in [0.29, 0.717) is 12.1 Å². The number of nitrogens with zero attached hydrogens (tertiary/aromatic N) is 1. The van der Waals surface area contributed by atoms with E-state index in [9.17, 15) is 4.79 Å². The average molecular weight is 229 g/mol. The Balaban J connectivity index is 2.24. The molecule has 4 heteroatoms. The number of nitrogens with one attached hydrogen (secondary N) is 1. The van der Waals surface area contributed by atoms with Crippen LogP contribution in [-0.2, 0) is 6.42 Å². The molecule has 0 bridgehead atoms. The lowest BCUT2D eigenvalue weighted by Crippen LogP contribution is -2.09. The number of aromatic nitrogens is 2. The zero-order valence-corrected chi connectivity index (χ0v) is 9.52. The SMILES string of the molecule is NCCCc1ccc(-c2ccn[nH]c2=O)cc1. The van der Waals surface area contributed by atoms with Crippen LogP contribution in [0.4, 0.5) is 0 Å². The second-order valence-electron chi connectivity index (χ2n) is 3.89. The molecule has 0 unspecified atom stereocenters. The van der Waals surface area contributed by atoms with Crippen LogP contribution in [0.1, 0.15) is 12.0 Å². The first-order valence-electron chi connectivity index (χ1n) is 5.64. The highest BCUT2D eigenvalue weighted by Gasteiger charge is 2.02. The Bertz CT molecular complexity index is 531. The van der Waals surface area contributed by atoms with Crippen molar-refractivity contribution in [1.82, 2.24) is 10.2 Å². The molecular weight excluding hydrogens is 214 g/mol. The molecule has 0 spiro atoms. The topological polar surface area (TPSA) is 71.8 Å². The quantitative estimate of drug-likeness (QED) is 0.830. The molecule has 88 valence electrons. The normalized spacial score (nSPS) is 10.4. The van der Waals surface area contributed by atoms with E-state index in [2.05, 4.69) is 10.2 Å². The maximum atomic E-state index is 11.5. The summed E-state index contributed by atoms with van der Waals surface area (Å²) in [5, 5.41) is 6.10. The van der Waals surface area contributed by atoms with Gasteiger partial charge in [0.05, 0.1) is 0 Å². The molecule has 0 aliphatic carbocycles. The number of H-pyrrole nitrogens is 1. The summed E-state index contributed by atoms with van der Waals surface area (Å²) in [5.41, 5.74) is 8.09. The number of hydrogen-bond donors (Lipinski definition) is 2. The summed E-state index contributed by atoms with van der Waals surface area (Å²) in [7, 11) is 0. The average Bonchev–Trinajstić information content (AvgIpc) is 2.38. The van der Waals surface area contributed by atoms with E-state index in [1.54, 1.807) is 12.3 Å². The molecule has 2 rings (SSSR count). The van der Waals surface area contributed by atoms with Gasteiger partial charge >= 0.3 is 0 Å². The number of aryl methyl sites for hydroxylation is 1. The van der Waals surface area contributed by atoms with Crippen LogP contribution in [0.5, 0.6) is 0 Å². The van der Waals surface area contributed by atoms with Crippen LogP contribution >= 0.6 is 0 Å². The van der Waals surface area contributed by atoms with E-state index < -0.39 is 0 Å². The van der Waals surface area contributed by atoms with E-state index in [4.69, 9.17) is 5.73 Å². The molecule has 1 aromatic carbocycles. The van der Waals surface area contributed by atoms with Gasteiger partial charge in [-0.25, -0.2) is 5.10 Å². The van der Waals surface area contributed by atoms with Crippen LogP contribution in [0.15, 0.2) is 41.3 Å². The van der Waals surface area contributed by atoms with Gasteiger partial charge in [0.2, 0.25) is 0 Å². The molecule has 0 amide bonds. The number of rotatable bonds is 4. The fraction of sp³-hybridized carbons (Fsp3) is 0.231. The first-order valence-corrected chi connectivity index (χ1v) is 5.64. The Labute approximate surface area is 99.5 Å². The third-order valence-electron chi connectivity index (χ3n) is 2.66. The number of benzene rings is 1. The Kier molecular flexibility index (Phi) is 3.67. The molecule has 0 fully saturated rings. The zero-order chi connectivity index (χ0) is 12.1. The fourth-order valence-electron chi connectivity index (χ4n) is 1.73. The van der Waals surface area contributed by atoms with Gasteiger partial charge in [0, 0.05) is 11.8 Å². The van der Waals surface area contributed by atoms with E-state index in [-0.39, 0.29) is 5.56 Å². The first-order chi connectivity index (χ1) is 8.31. The second-order valence-corrected chi connectivity index (χ2v) is 3.89. The van der Waals surface area contributed by atoms with Gasteiger partial charge in [-0.15, -0.1) is 0 Å². The minimum Gasteiger partial charge on any atom is -0.330 e. The van der Waals surface area contributed by atoms with Crippen molar-refractivity contribution in [2.24, 2.45) is 5.73 Å². The first kappa shape index (κ1) is 11.5. The van der Waals surface area contributed by atoms with Crippen molar-refractivity contribution in [2.45, 2.75) is 12.8 Å². The molecule has 0 saturated heterocycles. The summed E-state index contributed by atoms with van der Waals surface area (Å²) in [6.45, 7) is 0.700. The van der Waals surface area contributed by atoms with Crippen molar-refractivity contribution in [3.05, 3.63) is 52.4 Å². The lowest BCUT2D eigenvalue weighted by atomic mass is 10.0. The molecule has 3 N–H and O–H groups in total. The summed E-state index contributed by atoms with van der Waals surface area (Å²) < 4.78 is 0. The summed E-state index contributed by atoms with van der Waals surface area (Å²) in [6, 6.07) is 9.69. The molecule has 2 aromatic rings. The lowest BCUT2D eigenvalue weighted by molar-refractivity contribution is 0.833. The Morgan fingerprint density at radius 2 is 1.94 bits per heavy atom. The van der Waals surface area contributed by atoms with Crippen LogP contribution < -0.4 is 11.3 Å². The largest absolute Gasteiger partial charge is 0.330 e. The van der Waals surface area contributed by atoms with Gasteiger partial charge in [0.1, 0.15) is 0 Å². The van der Waals surface area contributed by atoms with Crippen molar-refractivity contribution >= 4 is 0 Å². The monoisotopic (exact) mass is 229 g/mol. The minimum absolute atomic E-state index is 0.165. The maximum absolute atomic E-state index is 11.5. The van der Waals surface area contributed by atoms with Crippen LogP contribution in [0.2, 0.25) is 0 Å². The Morgan fingerprint density at radius 1 is 1.18 bits per heavy atom. The molecule has 1 aromatic heterocycles. The predicted molar refractivity (Wildman–Crippen MR) is 67.7 cm³/mol. The van der Waals surface area contributed by atoms with Gasteiger partial charge in [-0.1, -0.05) is 24.3 Å². The van der Waals surface area contributed by atoms with Crippen LogP contribution in [0.25, 0.3) is 11.1 Å². The standard InChI is InChI=1S/C13H15N3O/c14-8-1-2-10-3-5-11(6-4-10)12-7-9-15-16-13(12)17/h3-7,9H,1-2,8,14H2,(H,16,17). The summed E-state index contributed by atoms with van der Waals surface area (Å²) in [5.74, 6) is 0. The van der Waals surface area contributed by atoms with Crippen molar-refractivity contribution in [1.29, 1.82) is 0 Å². The van der Waals surface area contributed by atoms with Crippen molar-refractivity contribution in [3.63, 3.8) is 0 Å². The Morgan fingerprint density at radius 3 is 2.59 bits per heavy atom. The highest BCUT2D eigenvalue weighted by atomic mass is 16.1. The molecule has 1 heterocycles. The molecule has 0 atom stereocenters. The van der Waals surface area contributed by atoms with Gasteiger partial charge in [-0.05, 0) is 36.6 Å². The molecule has 0 radical (unpaired) electrons. The van der Waals surface area contributed by atoms with Crippen molar-refractivity contribution in [3.8, 4) is 11.1 Å². The molecule has 0 aliphatic rings. The van der Waals surface area contributed by atoms with E-state index in [1.165, 1.54) is 5.56 Å². The second kappa shape index (κ2) is 5.41. The molecule has 0 saturated carbocycles. The van der Waals surface area contributed by atoms with Gasteiger partial charge < -0.3 is 5.73 Å². The smallest absolute Gasteiger partial charge is 0.272 e. The van der Waals surface area contributed by atoms with Crippen molar-refractivity contribution < 1.29 is 0 Å². The number of nitrogens with two attached hydrogens (primary N) is 1. The van der Waals surface area contributed by atoms with Crippen LogP contribution in [0.3, 0.4) is 0 Å².